The van der Waals surface area contributed by atoms with Crippen molar-refractivity contribution in [3.05, 3.63) is 0 Å². The van der Waals surface area contributed by atoms with Crippen LogP contribution in [0.25, 0.3) is 0 Å². The van der Waals surface area contributed by atoms with E-state index in [0.717, 1.165) is 5.92 Å². The predicted molar refractivity (Wildman–Crippen MR) is 59.8 cm³/mol. The van der Waals surface area contributed by atoms with Crippen LogP contribution in [0, 0.1) is 16.7 Å². The van der Waals surface area contributed by atoms with Crippen LogP contribution in [0.4, 0.5) is 0 Å². The van der Waals surface area contributed by atoms with Crippen molar-refractivity contribution >= 4 is 0 Å². The molecule has 0 N–H and O–H groups in total. The molecule has 1 aliphatic rings. The molecule has 0 heteroatoms. The van der Waals surface area contributed by atoms with E-state index in [1.807, 2.05) is 0 Å². The van der Waals surface area contributed by atoms with E-state index in [9.17, 15) is 0 Å². The minimum Gasteiger partial charge on any atom is -0.0648 e. The first-order valence-electron chi connectivity index (χ1n) is 5.97. The Labute approximate surface area is 84.1 Å². The molecule has 0 radical (unpaired) electrons. The van der Waals surface area contributed by atoms with E-state index in [4.69, 9.17) is 0 Å². The maximum atomic E-state index is 2.51. The van der Waals surface area contributed by atoms with Crippen molar-refractivity contribution in [2.75, 3.05) is 0 Å². The molecule has 13 heavy (non-hydrogen) atoms. The van der Waals surface area contributed by atoms with E-state index in [2.05, 4.69) is 34.6 Å². The summed E-state index contributed by atoms with van der Waals surface area (Å²) < 4.78 is 0. The fourth-order valence-corrected chi connectivity index (χ4v) is 3.16. The Morgan fingerprint density at radius 1 is 1.08 bits per heavy atom. The minimum absolute atomic E-state index is 0.597. The number of hydrogen-bond donors (Lipinski definition) is 0. The predicted octanol–water partition coefficient (Wildman–Crippen LogP) is 4.64. The molecule has 3 unspecified atom stereocenters. The first-order chi connectivity index (χ1) is 5.97. The Bertz CT molecular complexity index is 173. The van der Waals surface area contributed by atoms with Gasteiger partial charge in [-0.05, 0) is 29.6 Å². The SMILES string of the molecule is CCC1(C)CCC(C)CC1(C)CC. The van der Waals surface area contributed by atoms with Crippen LogP contribution in [-0.4, -0.2) is 0 Å². The average molecular weight is 182 g/mol. The van der Waals surface area contributed by atoms with Crippen LogP contribution in [0.1, 0.15) is 66.7 Å². The molecule has 0 spiro atoms. The molecule has 1 fully saturated rings. The van der Waals surface area contributed by atoms with Crippen LogP contribution < -0.4 is 0 Å². The van der Waals surface area contributed by atoms with Crippen LogP contribution in [0.3, 0.4) is 0 Å². The summed E-state index contributed by atoms with van der Waals surface area (Å²) in [5, 5.41) is 0. The third kappa shape index (κ3) is 1.78. The van der Waals surface area contributed by atoms with Gasteiger partial charge in [0, 0.05) is 0 Å². The van der Waals surface area contributed by atoms with Crippen molar-refractivity contribution in [1.29, 1.82) is 0 Å². The van der Waals surface area contributed by atoms with Gasteiger partial charge in [0.1, 0.15) is 0 Å². The van der Waals surface area contributed by atoms with Crippen molar-refractivity contribution in [1.82, 2.24) is 0 Å². The summed E-state index contributed by atoms with van der Waals surface area (Å²) in [6.07, 6.45) is 7.02. The van der Waals surface area contributed by atoms with Crippen LogP contribution in [0.5, 0.6) is 0 Å². The standard InChI is InChI=1S/C13H26/c1-6-12(4)9-8-11(3)10-13(12,5)7-2/h11H,6-10H2,1-5H3. The largest absolute Gasteiger partial charge is 0.0648 e. The maximum Gasteiger partial charge on any atom is -0.0272 e. The van der Waals surface area contributed by atoms with E-state index in [1.54, 1.807) is 0 Å². The van der Waals surface area contributed by atoms with Gasteiger partial charge >= 0.3 is 0 Å². The molecule has 0 heterocycles. The molecule has 1 saturated carbocycles. The summed E-state index contributed by atoms with van der Waals surface area (Å²) in [4.78, 5) is 0. The summed E-state index contributed by atoms with van der Waals surface area (Å²) >= 11 is 0. The zero-order valence-corrected chi connectivity index (χ0v) is 10.1. The second-order valence-electron chi connectivity index (χ2n) is 5.68. The molecule has 0 saturated heterocycles. The van der Waals surface area contributed by atoms with Crippen molar-refractivity contribution in [3.8, 4) is 0 Å². The van der Waals surface area contributed by atoms with Crippen LogP contribution in [0.2, 0.25) is 0 Å². The zero-order chi connectivity index (χ0) is 10.1. The van der Waals surface area contributed by atoms with Gasteiger partial charge in [-0.3, -0.25) is 0 Å². The van der Waals surface area contributed by atoms with Gasteiger partial charge in [0.2, 0.25) is 0 Å². The first kappa shape index (κ1) is 11.1. The molecular weight excluding hydrogens is 156 g/mol. The topological polar surface area (TPSA) is 0 Å². The van der Waals surface area contributed by atoms with Crippen molar-refractivity contribution < 1.29 is 0 Å². The highest BCUT2D eigenvalue weighted by molar-refractivity contribution is 4.95. The second-order valence-corrected chi connectivity index (χ2v) is 5.68. The third-order valence-electron chi connectivity index (χ3n) is 5.01. The summed E-state index contributed by atoms with van der Waals surface area (Å²) in [5.74, 6) is 0.949. The quantitative estimate of drug-likeness (QED) is 0.583. The van der Waals surface area contributed by atoms with E-state index < -0.39 is 0 Å². The lowest BCUT2D eigenvalue weighted by Crippen LogP contribution is -2.41. The number of rotatable bonds is 2. The van der Waals surface area contributed by atoms with Crippen LogP contribution >= 0.6 is 0 Å². The fraction of sp³-hybridized carbons (Fsp3) is 1.00. The Morgan fingerprint density at radius 2 is 1.62 bits per heavy atom. The summed E-state index contributed by atoms with van der Waals surface area (Å²) in [7, 11) is 0. The van der Waals surface area contributed by atoms with Gasteiger partial charge in [0.05, 0.1) is 0 Å². The highest BCUT2D eigenvalue weighted by Crippen LogP contribution is 2.55. The molecule has 0 nitrogen and oxygen atoms in total. The van der Waals surface area contributed by atoms with Gasteiger partial charge in [-0.25, -0.2) is 0 Å². The lowest BCUT2D eigenvalue weighted by Gasteiger charge is -2.52. The summed E-state index contributed by atoms with van der Waals surface area (Å²) in [6.45, 7) is 12.2. The fourth-order valence-electron chi connectivity index (χ4n) is 3.16. The molecule has 78 valence electrons. The van der Waals surface area contributed by atoms with E-state index in [0.29, 0.717) is 10.8 Å². The molecule has 0 aliphatic heterocycles. The van der Waals surface area contributed by atoms with Gasteiger partial charge in [0.15, 0.2) is 0 Å². The first-order valence-corrected chi connectivity index (χ1v) is 5.97. The molecule has 0 amide bonds. The van der Waals surface area contributed by atoms with Crippen molar-refractivity contribution in [2.24, 2.45) is 16.7 Å². The number of hydrogen-bond acceptors (Lipinski definition) is 0. The second kappa shape index (κ2) is 3.63. The van der Waals surface area contributed by atoms with Gasteiger partial charge in [-0.2, -0.15) is 0 Å². The van der Waals surface area contributed by atoms with Crippen molar-refractivity contribution in [2.45, 2.75) is 66.7 Å². The normalized spacial score (nSPS) is 46.4. The molecule has 0 aromatic rings. The van der Waals surface area contributed by atoms with Gasteiger partial charge in [-0.15, -0.1) is 0 Å². The van der Waals surface area contributed by atoms with Gasteiger partial charge in [0.25, 0.3) is 0 Å². The Morgan fingerprint density at radius 3 is 2.08 bits per heavy atom. The minimum atomic E-state index is 0.597. The van der Waals surface area contributed by atoms with E-state index in [1.165, 1.54) is 32.1 Å². The van der Waals surface area contributed by atoms with Crippen LogP contribution in [0.15, 0.2) is 0 Å². The lowest BCUT2D eigenvalue weighted by molar-refractivity contribution is -0.0133. The highest BCUT2D eigenvalue weighted by Gasteiger charge is 2.45. The Balaban J connectivity index is 2.84. The molecule has 0 bridgehead atoms. The molecule has 1 rings (SSSR count). The van der Waals surface area contributed by atoms with Gasteiger partial charge < -0.3 is 0 Å². The molecule has 1 aliphatic carbocycles. The Kier molecular flexibility index (Phi) is 3.09. The maximum absolute atomic E-state index is 2.51. The summed E-state index contributed by atoms with van der Waals surface area (Å²) in [6, 6.07) is 0. The lowest BCUT2D eigenvalue weighted by atomic mass is 9.53. The third-order valence-corrected chi connectivity index (χ3v) is 5.01. The van der Waals surface area contributed by atoms with Gasteiger partial charge in [-0.1, -0.05) is 53.9 Å². The molecule has 0 aromatic heterocycles. The smallest absolute Gasteiger partial charge is 0.0272 e. The van der Waals surface area contributed by atoms with E-state index >= 15 is 0 Å². The molecule has 3 atom stereocenters. The highest BCUT2D eigenvalue weighted by atomic mass is 14.5. The monoisotopic (exact) mass is 182 g/mol. The van der Waals surface area contributed by atoms with Crippen molar-refractivity contribution in [3.63, 3.8) is 0 Å². The van der Waals surface area contributed by atoms with Crippen LogP contribution in [-0.2, 0) is 0 Å². The molecular formula is C13H26. The summed E-state index contributed by atoms with van der Waals surface area (Å²) in [5.41, 5.74) is 1.20. The van der Waals surface area contributed by atoms with E-state index in [-0.39, 0.29) is 0 Å². The zero-order valence-electron chi connectivity index (χ0n) is 10.1. The Hall–Kier alpha value is 0. The molecule has 0 aromatic carbocycles. The average Bonchev–Trinajstić information content (AvgIpc) is 2.12.